The van der Waals surface area contributed by atoms with Crippen molar-refractivity contribution in [3.05, 3.63) is 29.8 Å². The van der Waals surface area contributed by atoms with Crippen LogP contribution in [-0.4, -0.2) is 43.3 Å². The fourth-order valence-electron chi connectivity index (χ4n) is 2.06. The minimum Gasteiger partial charge on any atom is -0.497 e. The Hall–Kier alpha value is -1.11. The number of hydrogen-bond donors (Lipinski definition) is 1. The summed E-state index contributed by atoms with van der Waals surface area (Å²) in [6, 6.07) is 7.31. The number of rotatable bonds is 4. The SMILES string of the molecule is COc1ccc(CN2CCC(CO)S2(=O)=O)cc1. The van der Waals surface area contributed by atoms with Crippen LogP contribution in [0.2, 0.25) is 0 Å². The first-order valence-corrected chi connectivity index (χ1v) is 7.31. The second-order valence-corrected chi connectivity index (χ2v) is 6.53. The average Bonchev–Trinajstić information content (AvgIpc) is 2.65. The molecule has 0 aromatic heterocycles. The van der Waals surface area contributed by atoms with E-state index in [0.717, 1.165) is 11.3 Å². The lowest BCUT2D eigenvalue weighted by atomic mass is 10.2. The third kappa shape index (κ3) is 2.50. The minimum atomic E-state index is -3.34. The number of aliphatic hydroxyl groups excluding tert-OH is 1. The second kappa shape index (κ2) is 5.26. The summed E-state index contributed by atoms with van der Waals surface area (Å²) in [5, 5.41) is 8.39. The topological polar surface area (TPSA) is 66.8 Å². The molecular weight excluding hydrogens is 254 g/mol. The number of aliphatic hydroxyl groups is 1. The Kier molecular flexibility index (Phi) is 3.89. The fourth-order valence-corrected chi connectivity index (χ4v) is 3.77. The second-order valence-electron chi connectivity index (χ2n) is 4.32. The van der Waals surface area contributed by atoms with E-state index in [4.69, 9.17) is 9.84 Å². The smallest absolute Gasteiger partial charge is 0.219 e. The zero-order valence-corrected chi connectivity index (χ0v) is 11.1. The van der Waals surface area contributed by atoms with E-state index in [1.165, 1.54) is 4.31 Å². The first-order valence-electron chi connectivity index (χ1n) is 5.80. The summed E-state index contributed by atoms with van der Waals surface area (Å²) in [4.78, 5) is 0. The van der Waals surface area contributed by atoms with Crippen molar-refractivity contribution in [3.63, 3.8) is 0 Å². The van der Waals surface area contributed by atoms with E-state index in [9.17, 15) is 8.42 Å². The number of methoxy groups -OCH3 is 1. The first kappa shape index (κ1) is 13.3. The third-order valence-electron chi connectivity index (χ3n) is 3.20. The van der Waals surface area contributed by atoms with Crippen LogP contribution in [0.4, 0.5) is 0 Å². The van der Waals surface area contributed by atoms with Gasteiger partial charge in [-0.15, -0.1) is 0 Å². The predicted octanol–water partition coefficient (Wildman–Crippen LogP) is 0.592. The van der Waals surface area contributed by atoms with Crippen molar-refractivity contribution in [3.8, 4) is 5.75 Å². The molecule has 5 nitrogen and oxygen atoms in total. The molecule has 1 unspecified atom stereocenters. The van der Waals surface area contributed by atoms with Crippen molar-refractivity contribution in [2.45, 2.75) is 18.2 Å². The Labute approximate surface area is 107 Å². The zero-order chi connectivity index (χ0) is 13.2. The van der Waals surface area contributed by atoms with E-state index in [1.807, 2.05) is 24.3 Å². The highest BCUT2D eigenvalue weighted by Crippen LogP contribution is 2.24. The van der Waals surface area contributed by atoms with Gasteiger partial charge in [0.15, 0.2) is 0 Å². The van der Waals surface area contributed by atoms with Crippen molar-refractivity contribution in [2.75, 3.05) is 20.3 Å². The van der Waals surface area contributed by atoms with Crippen molar-refractivity contribution >= 4 is 10.0 Å². The van der Waals surface area contributed by atoms with Crippen LogP contribution in [0.25, 0.3) is 0 Å². The van der Waals surface area contributed by atoms with E-state index >= 15 is 0 Å². The molecule has 100 valence electrons. The Morgan fingerprint density at radius 2 is 2.06 bits per heavy atom. The van der Waals surface area contributed by atoms with Gasteiger partial charge in [0, 0.05) is 13.1 Å². The maximum absolute atomic E-state index is 12.0. The summed E-state index contributed by atoms with van der Waals surface area (Å²) in [5.74, 6) is 0.747. The molecule has 6 heteroatoms. The molecule has 0 amide bonds. The first-order chi connectivity index (χ1) is 8.57. The van der Waals surface area contributed by atoms with Gasteiger partial charge in [-0.25, -0.2) is 8.42 Å². The van der Waals surface area contributed by atoms with E-state index in [2.05, 4.69) is 0 Å². The fraction of sp³-hybridized carbons (Fsp3) is 0.500. The van der Waals surface area contributed by atoms with Crippen LogP contribution in [0, 0.1) is 0 Å². The quantitative estimate of drug-likeness (QED) is 0.870. The van der Waals surface area contributed by atoms with Crippen LogP contribution in [0.1, 0.15) is 12.0 Å². The Bertz CT molecular complexity index is 497. The molecule has 0 spiro atoms. The van der Waals surface area contributed by atoms with Crippen molar-refractivity contribution < 1.29 is 18.3 Å². The van der Waals surface area contributed by atoms with Crippen LogP contribution >= 0.6 is 0 Å². The standard InChI is InChI=1S/C12H17NO4S/c1-17-11-4-2-10(3-5-11)8-13-7-6-12(9-14)18(13,15)16/h2-5,12,14H,6-9H2,1H3. The summed E-state index contributed by atoms with van der Waals surface area (Å²) in [7, 11) is -1.75. The summed E-state index contributed by atoms with van der Waals surface area (Å²) < 4.78 is 30.5. The van der Waals surface area contributed by atoms with Gasteiger partial charge in [0.2, 0.25) is 10.0 Å². The van der Waals surface area contributed by atoms with Crippen LogP contribution < -0.4 is 4.74 Å². The highest BCUT2D eigenvalue weighted by atomic mass is 32.2. The highest BCUT2D eigenvalue weighted by Gasteiger charge is 2.37. The van der Waals surface area contributed by atoms with Gasteiger partial charge < -0.3 is 9.84 Å². The molecular formula is C12H17NO4S. The highest BCUT2D eigenvalue weighted by molar-refractivity contribution is 7.90. The Morgan fingerprint density at radius 3 is 2.56 bits per heavy atom. The predicted molar refractivity (Wildman–Crippen MR) is 67.8 cm³/mol. The maximum Gasteiger partial charge on any atom is 0.219 e. The minimum absolute atomic E-state index is 0.304. The summed E-state index contributed by atoms with van der Waals surface area (Å²) in [5.41, 5.74) is 0.915. The molecule has 0 radical (unpaired) electrons. The lowest BCUT2D eigenvalue weighted by Gasteiger charge is -2.16. The van der Waals surface area contributed by atoms with Gasteiger partial charge in [-0.2, -0.15) is 4.31 Å². The van der Waals surface area contributed by atoms with Gasteiger partial charge in [0.1, 0.15) is 5.75 Å². The van der Waals surface area contributed by atoms with E-state index in [-0.39, 0.29) is 6.61 Å². The van der Waals surface area contributed by atoms with Gasteiger partial charge in [-0.1, -0.05) is 12.1 Å². The largest absolute Gasteiger partial charge is 0.497 e. The van der Waals surface area contributed by atoms with Gasteiger partial charge in [0.05, 0.1) is 19.0 Å². The third-order valence-corrected chi connectivity index (χ3v) is 5.46. The van der Waals surface area contributed by atoms with Crippen LogP contribution in [0.3, 0.4) is 0 Å². The summed E-state index contributed by atoms with van der Waals surface area (Å²) >= 11 is 0. The van der Waals surface area contributed by atoms with Crippen molar-refractivity contribution in [2.24, 2.45) is 0 Å². The van der Waals surface area contributed by atoms with Crippen LogP contribution in [0.15, 0.2) is 24.3 Å². The van der Waals surface area contributed by atoms with Crippen molar-refractivity contribution in [1.29, 1.82) is 0 Å². The van der Waals surface area contributed by atoms with Gasteiger partial charge in [-0.05, 0) is 24.1 Å². The zero-order valence-electron chi connectivity index (χ0n) is 10.2. The van der Waals surface area contributed by atoms with E-state index in [1.54, 1.807) is 7.11 Å². The number of hydrogen-bond acceptors (Lipinski definition) is 4. The molecule has 2 rings (SSSR count). The van der Waals surface area contributed by atoms with Crippen molar-refractivity contribution in [1.82, 2.24) is 4.31 Å². The Morgan fingerprint density at radius 1 is 1.39 bits per heavy atom. The molecule has 1 N–H and O–H groups in total. The average molecular weight is 271 g/mol. The maximum atomic E-state index is 12.0. The molecule has 1 atom stereocenters. The van der Waals surface area contributed by atoms with Crippen LogP contribution in [0.5, 0.6) is 5.75 Å². The molecule has 1 saturated heterocycles. The Balaban J connectivity index is 2.10. The van der Waals surface area contributed by atoms with Gasteiger partial charge in [-0.3, -0.25) is 0 Å². The molecule has 1 aliphatic heterocycles. The molecule has 0 aliphatic carbocycles. The number of ether oxygens (including phenoxy) is 1. The van der Waals surface area contributed by atoms with Gasteiger partial charge in [0.25, 0.3) is 0 Å². The molecule has 0 bridgehead atoms. The van der Waals surface area contributed by atoms with Crippen LogP contribution in [-0.2, 0) is 16.6 Å². The van der Waals surface area contributed by atoms with E-state index in [0.29, 0.717) is 19.5 Å². The summed E-state index contributed by atoms with van der Waals surface area (Å²) in [6.45, 7) is 0.518. The lowest BCUT2D eigenvalue weighted by molar-refractivity contribution is 0.290. The molecule has 1 heterocycles. The number of benzene rings is 1. The van der Waals surface area contributed by atoms with Gasteiger partial charge >= 0.3 is 0 Å². The summed E-state index contributed by atoms with van der Waals surface area (Å²) in [6.07, 6.45) is 0.495. The lowest BCUT2D eigenvalue weighted by Crippen LogP contribution is -2.30. The normalized spacial score (nSPS) is 23.1. The molecule has 1 fully saturated rings. The number of nitrogens with zero attached hydrogens (tertiary/aromatic N) is 1. The molecule has 1 aliphatic rings. The monoisotopic (exact) mass is 271 g/mol. The van der Waals surface area contributed by atoms with E-state index < -0.39 is 15.3 Å². The molecule has 0 saturated carbocycles. The number of sulfonamides is 1. The molecule has 1 aromatic rings. The molecule has 1 aromatic carbocycles. The molecule has 18 heavy (non-hydrogen) atoms.